The van der Waals surface area contributed by atoms with E-state index in [1.165, 1.54) is 55.5 Å². The molecular weight excluding hydrogens is 222 g/mol. The quantitative estimate of drug-likeness (QED) is 0.869. The molecule has 18 heavy (non-hydrogen) atoms. The van der Waals surface area contributed by atoms with E-state index in [9.17, 15) is 0 Å². The predicted molar refractivity (Wildman–Crippen MR) is 72.7 cm³/mol. The van der Waals surface area contributed by atoms with E-state index >= 15 is 0 Å². The lowest BCUT2D eigenvalue weighted by Gasteiger charge is -2.28. The zero-order valence-corrected chi connectivity index (χ0v) is 11.5. The van der Waals surface area contributed by atoms with E-state index in [2.05, 4.69) is 19.2 Å². The third-order valence-corrected chi connectivity index (χ3v) is 4.47. The first-order chi connectivity index (χ1) is 8.75. The smallest absolute Gasteiger partial charge is 0.131 e. The van der Waals surface area contributed by atoms with E-state index in [0.29, 0.717) is 12.0 Å². The lowest BCUT2D eigenvalue weighted by atomic mass is 9.84. The van der Waals surface area contributed by atoms with Crippen molar-refractivity contribution in [2.24, 2.45) is 0 Å². The monoisotopic (exact) mass is 245 g/mol. The second-order valence-corrected chi connectivity index (χ2v) is 5.80. The summed E-state index contributed by atoms with van der Waals surface area (Å²) in [5.41, 5.74) is 3.75. The van der Waals surface area contributed by atoms with Crippen molar-refractivity contribution in [3.63, 3.8) is 0 Å². The molecule has 1 unspecified atom stereocenters. The molecule has 1 saturated heterocycles. The standard InChI is InChI=1S/C15H23N3/c1-10-14(13-8-3-4-9-16-13)11(2)18-15(17-10)12-6-5-7-12/h12-13,16H,3-9H2,1-2H3. The topological polar surface area (TPSA) is 37.8 Å². The zero-order valence-electron chi connectivity index (χ0n) is 11.5. The van der Waals surface area contributed by atoms with Gasteiger partial charge in [0.15, 0.2) is 0 Å². The number of nitrogens with one attached hydrogen (secondary N) is 1. The lowest BCUT2D eigenvalue weighted by molar-refractivity contribution is 0.391. The Balaban J connectivity index is 1.89. The molecule has 2 aliphatic rings. The summed E-state index contributed by atoms with van der Waals surface area (Å²) in [6.45, 7) is 5.44. The minimum absolute atomic E-state index is 0.481. The zero-order chi connectivity index (χ0) is 12.5. The van der Waals surface area contributed by atoms with Gasteiger partial charge < -0.3 is 5.32 Å². The van der Waals surface area contributed by atoms with Crippen molar-refractivity contribution in [3.8, 4) is 0 Å². The van der Waals surface area contributed by atoms with Crippen LogP contribution in [0.5, 0.6) is 0 Å². The number of aryl methyl sites for hydroxylation is 2. The summed E-state index contributed by atoms with van der Waals surface area (Å²) in [6.07, 6.45) is 7.75. The Morgan fingerprint density at radius 3 is 2.17 bits per heavy atom. The SMILES string of the molecule is Cc1nc(C2CCC2)nc(C)c1C1CCCCN1. The molecule has 0 aromatic carbocycles. The van der Waals surface area contributed by atoms with Crippen LogP contribution in [0.25, 0.3) is 0 Å². The summed E-state index contributed by atoms with van der Waals surface area (Å²) in [6, 6.07) is 0.481. The molecule has 0 radical (unpaired) electrons. The molecule has 1 atom stereocenters. The summed E-state index contributed by atoms with van der Waals surface area (Å²) >= 11 is 0. The highest BCUT2D eigenvalue weighted by Crippen LogP contribution is 2.36. The lowest BCUT2D eigenvalue weighted by Crippen LogP contribution is -2.29. The maximum atomic E-state index is 4.78. The molecule has 3 heteroatoms. The molecule has 2 heterocycles. The minimum atomic E-state index is 0.481. The number of piperidine rings is 1. The molecule has 1 aromatic rings. The van der Waals surface area contributed by atoms with E-state index in [1.807, 2.05) is 0 Å². The highest BCUT2D eigenvalue weighted by Gasteiger charge is 2.26. The van der Waals surface area contributed by atoms with Gasteiger partial charge in [-0.25, -0.2) is 9.97 Å². The van der Waals surface area contributed by atoms with Crippen LogP contribution in [0.3, 0.4) is 0 Å². The first kappa shape index (κ1) is 12.1. The molecular formula is C15H23N3. The first-order valence-corrected chi connectivity index (χ1v) is 7.34. The van der Waals surface area contributed by atoms with Gasteiger partial charge in [0.2, 0.25) is 0 Å². The first-order valence-electron chi connectivity index (χ1n) is 7.34. The van der Waals surface area contributed by atoms with Gasteiger partial charge in [-0.15, -0.1) is 0 Å². The highest BCUT2D eigenvalue weighted by atomic mass is 15.0. The van der Waals surface area contributed by atoms with E-state index in [-0.39, 0.29) is 0 Å². The molecule has 1 aliphatic carbocycles. The summed E-state index contributed by atoms with van der Waals surface area (Å²) in [4.78, 5) is 9.56. The number of nitrogens with zero attached hydrogens (tertiary/aromatic N) is 2. The predicted octanol–water partition coefficient (Wildman–Crippen LogP) is 3.18. The van der Waals surface area contributed by atoms with Crippen LogP contribution in [0.15, 0.2) is 0 Å². The van der Waals surface area contributed by atoms with Crippen molar-refractivity contribution < 1.29 is 0 Å². The Hall–Kier alpha value is -0.960. The van der Waals surface area contributed by atoms with Crippen molar-refractivity contribution >= 4 is 0 Å². The fourth-order valence-corrected chi connectivity index (χ4v) is 3.20. The van der Waals surface area contributed by atoms with Crippen molar-refractivity contribution in [1.29, 1.82) is 0 Å². The molecule has 1 saturated carbocycles. The maximum absolute atomic E-state index is 4.78. The average Bonchev–Trinajstić information content (AvgIpc) is 2.27. The average molecular weight is 245 g/mol. The maximum Gasteiger partial charge on any atom is 0.131 e. The minimum Gasteiger partial charge on any atom is -0.310 e. The summed E-state index contributed by atoms with van der Waals surface area (Å²) in [7, 11) is 0. The summed E-state index contributed by atoms with van der Waals surface area (Å²) in [5, 5.41) is 3.61. The molecule has 1 aromatic heterocycles. The molecule has 1 N–H and O–H groups in total. The van der Waals surface area contributed by atoms with Crippen molar-refractivity contribution in [2.45, 2.75) is 64.3 Å². The Morgan fingerprint density at radius 2 is 1.67 bits per heavy atom. The Kier molecular flexibility index (Phi) is 3.33. The van der Waals surface area contributed by atoms with E-state index in [1.54, 1.807) is 0 Å². The van der Waals surface area contributed by atoms with Crippen LogP contribution in [0.1, 0.15) is 73.3 Å². The Labute approximate surface area is 109 Å². The van der Waals surface area contributed by atoms with Crippen LogP contribution < -0.4 is 5.32 Å². The number of rotatable bonds is 2. The number of hydrogen-bond acceptors (Lipinski definition) is 3. The van der Waals surface area contributed by atoms with Crippen LogP contribution in [0.2, 0.25) is 0 Å². The van der Waals surface area contributed by atoms with Crippen LogP contribution in [-0.4, -0.2) is 16.5 Å². The molecule has 0 spiro atoms. The van der Waals surface area contributed by atoms with Gasteiger partial charge in [0.25, 0.3) is 0 Å². The third kappa shape index (κ3) is 2.16. The van der Waals surface area contributed by atoms with Gasteiger partial charge in [0.05, 0.1) is 0 Å². The van der Waals surface area contributed by atoms with Gasteiger partial charge in [-0.1, -0.05) is 12.8 Å². The molecule has 3 nitrogen and oxygen atoms in total. The van der Waals surface area contributed by atoms with Crippen LogP contribution >= 0.6 is 0 Å². The van der Waals surface area contributed by atoms with Crippen LogP contribution in [0.4, 0.5) is 0 Å². The molecule has 0 bridgehead atoms. The van der Waals surface area contributed by atoms with Gasteiger partial charge in [0.1, 0.15) is 5.82 Å². The molecule has 0 amide bonds. The van der Waals surface area contributed by atoms with Gasteiger partial charge in [-0.2, -0.15) is 0 Å². The van der Waals surface area contributed by atoms with E-state index < -0.39 is 0 Å². The van der Waals surface area contributed by atoms with Crippen molar-refractivity contribution in [1.82, 2.24) is 15.3 Å². The normalized spacial score (nSPS) is 24.9. The van der Waals surface area contributed by atoms with Gasteiger partial charge >= 0.3 is 0 Å². The second kappa shape index (κ2) is 4.96. The molecule has 3 rings (SSSR count). The fraction of sp³-hybridized carbons (Fsp3) is 0.733. The molecule has 2 fully saturated rings. The van der Waals surface area contributed by atoms with E-state index in [0.717, 1.165) is 12.4 Å². The van der Waals surface area contributed by atoms with E-state index in [4.69, 9.17) is 9.97 Å². The van der Waals surface area contributed by atoms with Crippen LogP contribution in [-0.2, 0) is 0 Å². The third-order valence-electron chi connectivity index (χ3n) is 4.47. The largest absolute Gasteiger partial charge is 0.310 e. The fourth-order valence-electron chi connectivity index (χ4n) is 3.20. The summed E-state index contributed by atoms with van der Waals surface area (Å²) < 4.78 is 0. The van der Waals surface area contributed by atoms with Crippen molar-refractivity contribution in [2.75, 3.05) is 6.54 Å². The van der Waals surface area contributed by atoms with Crippen molar-refractivity contribution in [3.05, 3.63) is 22.8 Å². The second-order valence-electron chi connectivity index (χ2n) is 5.80. The highest BCUT2D eigenvalue weighted by molar-refractivity contribution is 5.29. The van der Waals surface area contributed by atoms with Gasteiger partial charge in [0, 0.05) is 28.9 Å². The molecule has 1 aliphatic heterocycles. The van der Waals surface area contributed by atoms with Gasteiger partial charge in [-0.3, -0.25) is 0 Å². The molecule has 98 valence electrons. The van der Waals surface area contributed by atoms with Gasteiger partial charge in [-0.05, 0) is 46.1 Å². The Morgan fingerprint density at radius 1 is 0.944 bits per heavy atom. The number of aromatic nitrogens is 2. The Bertz CT molecular complexity index is 408. The summed E-state index contributed by atoms with van der Waals surface area (Å²) in [5.74, 6) is 1.73. The number of hydrogen-bond donors (Lipinski definition) is 1. The van der Waals surface area contributed by atoms with Crippen LogP contribution in [0, 0.1) is 13.8 Å².